The predicted molar refractivity (Wildman–Crippen MR) is 70.2 cm³/mol. The third kappa shape index (κ3) is 1.90. The van der Waals surface area contributed by atoms with Gasteiger partial charge in [0.15, 0.2) is 0 Å². The molecule has 1 aromatic heterocycles. The highest BCUT2D eigenvalue weighted by Gasteiger charge is 2.64. The second kappa shape index (κ2) is 3.57. The average molecular weight is 288 g/mol. The van der Waals surface area contributed by atoms with Crippen LogP contribution in [0.3, 0.4) is 0 Å². The quantitative estimate of drug-likeness (QED) is 0.885. The van der Waals surface area contributed by atoms with Crippen molar-refractivity contribution in [2.75, 3.05) is 0 Å². The molecule has 1 aliphatic rings. The van der Waals surface area contributed by atoms with Crippen LogP contribution in [-0.4, -0.2) is 6.04 Å². The topological polar surface area (TPSA) is 12.0 Å². The van der Waals surface area contributed by atoms with E-state index in [0.717, 1.165) is 6.54 Å². The van der Waals surface area contributed by atoms with Gasteiger partial charge in [-0.15, -0.1) is 11.3 Å². The predicted octanol–water partition coefficient (Wildman–Crippen LogP) is 4.03. The molecule has 0 unspecified atom stereocenters. The number of hydrogen-bond donors (Lipinski definition) is 1. The molecule has 1 aliphatic carbocycles. The molecule has 1 fully saturated rings. The van der Waals surface area contributed by atoms with Crippen molar-refractivity contribution in [2.45, 2.75) is 40.3 Å². The maximum atomic E-state index is 3.65. The molecule has 0 spiro atoms. The Hall–Kier alpha value is 0.140. The van der Waals surface area contributed by atoms with E-state index in [1.54, 1.807) is 11.3 Å². The summed E-state index contributed by atoms with van der Waals surface area (Å²) in [5.74, 6) is 0. The second-order valence-electron chi connectivity index (χ2n) is 5.52. The van der Waals surface area contributed by atoms with Crippen molar-refractivity contribution in [3.05, 3.63) is 20.8 Å². The van der Waals surface area contributed by atoms with Crippen molar-refractivity contribution in [1.29, 1.82) is 0 Å². The van der Waals surface area contributed by atoms with Crippen LogP contribution in [0.1, 0.15) is 33.3 Å². The standard InChI is InChI=1S/C12H18BrNS/c1-11(2)10(12(11,3)4)14-6-8-5-9(13)15-7-8/h5,7,10,14H,6H2,1-4H3. The summed E-state index contributed by atoms with van der Waals surface area (Å²) >= 11 is 5.24. The van der Waals surface area contributed by atoms with E-state index < -0.39 is 0 Å². The van der Waals surface area contributed by atoms with Gasteiger partial charge in [0.05, 0.1) is 3.79 Å². The number of thiophene rings is 1. The van der Waals surface area contributed by atoms with Crippen LogP contribution >= 0.6 is 27.3 Å². The van der Waals surface area contributed by atoms with Crippen molar-refractivity contribution >= 4 is 27.3 Å². The highest BCUT2D eigenvalue weighted by molar-refractivity contribution is 9.11. The third-order valence-electron chi connectivity index (χ3n) is 4.15. The van der Waals surface area contributed by atoms with Crippen molar-refractivity contribution < 1.29 is 0 Å². The largest absolute Gasteiger partial charge is 0.309 e. The Bertz CT molecular complexity index is 353. The van der Waals surface area contributed by atoms with Gasteiger partial charge >= 0.3 is 0 Å². The Morgan fingerprint density at radius 2 is 1.93 bits per heavy atom. The zero-order chi connectivity index (χ0) is 11.3. The lowest BCUT2D eigenvalue weighted by molar-refractivity contribution is 0.457. The fourth-order valence-electron chi connectivity index (χ4n) is 2.37. The van der Waals surface area contributed by atoms with Crippen LogP contribution in [0.4, 0.5) is 0 Å². The first-order valence-electron chi connectivity index (χ1n) is 5.32. The van der Waals surface area contributed by atoms with Gasteiger partial charge in [-0.3, -0.25) is 0 Å². The van der Waals surface area contributed by atoms with Crippen LogP contribution in [0, 0.1) is 10.8 Å². The first-order valence-corrected chi connectivity index (χ1v) is 6.99. The lowest BCUT2D eigenvalue weighted by Gasteiger charge is -2.04. The van der Waals surface area contributed by atoms with Gasteiger partial charge in [0.2, 0.25) is 0 Å². The van der Waals surface area contributed by atoms with Crippen molar-refractivity contribution in [3.63, 3.8) is 0 Å². The molecule has 1 N–H and O–H groups in total. The molecular weight excluding hydrogens is 270 g/mol. The fraction of sp³-hybridized carbons (Fsp3) is 0.667. The summed E-state index contributed by atoms with van der Waals surface area (Å²) in [7, 11) is 0. The number of hydrogen-bond acceptors (Lipinski definition) is 2. The molecule has 15 heavy (non-hydrogen) atoms. The van der Waals surface area contributed by atoms with Gasteiger partial charge in [-0.05, 0) is 43.8 Å². The number of rotatable bonds is 3. The van der Waals surface area contributed by atoms with E-state index in [1.807, 2.05) is 0 Å². The normalized spacial score (nSPS) is 23.0. The summed E-state index contributed by atoms with van der Waals surface area (Å²) in [6.07, 6.45) is 0. The Morgan fingerprint density at radius 1 is 1.33 bits per heavy atom. The van der Waals surface area contributed by atoms with Crippen LogP contribution < -0.4 is 5.32 Å². The molecule has 1 heterocycles. The van der Waals surface area contributed by atoms with Gasteiger partial charge in [-0.2, -0.15) is 0 Å². The van der Waals surface area contributed by atoms with E-state index >= 15 is 0 Å². The van der Waals surface area contributed by atoms with E-state index in [1.165, 1.54) is 9.35 Å². The summed E-state index contributed by atoms with van der Waals surface area (Å²) in [6.45, 7) is 10.4. The van der Waals surface area contributed by atoms with E-state index in [4.69, 9.17) is 0 Å². The maximum Gasteiger partial charge on any atom is 0.0701 e. The van der Waals surface area contributed by atoms with Crippen molar-refractivity contribution in [1.82, 2.24) is 5.32 Å². The van der Waals surface area contributed by atoms with E-state index in [0.29, 0.717) is 16.9 Å². The highest BCUT2D eigenvalue weighted by atomic mass is 79.9. The molecule has 0 aromatic carbocycles. The van der Waals surface area contributed by atoms with Crippen LogP contribution in [0.15, 0.2) is 15.2 Å². The Morgan fingerprint density at radius 3 is 2.33 bits per heavy atom. The molecule has 84 valence electrons. The summed E-state index contributed by atoms with van der Waals surface area (Å²) in [6, 6.07) is 2.84. The monoisotopic (exact) mass is 287 g/mol. The Labute approximate surface area is 104 Å². The fourth-order valence-corrected chi connectivity index (χ4v) is 3.57. The van der Waals surface area contributed by atoms with Gasteiger partial charge in [0.25, 0.3) is 0 Å². The first kappa shape index (κ1) is 11.6. The Kier molecular flexibility index (Phi) is 2.77. The summed E-state index contributed by atoms with van der Waals surface area (Å²) < 4.78 is 1.22. The molecule has 0 amide bonds. The summed E-state index contributed by atoms with van der Waals surface area (Å²) in [4.78, 5) is 0. The third-order valence-corrected chi connectivity index (χ3v) is 5.71. The van der Waals surface area contributed by atoms with Gasteiger partial charge in [-0.1, -0.05) is 27.7 Å². The van der Waals surface area contributed by atoms with Crippen LogP contribution in [0.5, 0.6) is 0 Å². The van der Waals surface area contributed by atoms with Gasteiger partial charge in [0, 0.05) is 12.6 Å². The van der Waals surface area contributed by atoms with Crippen molar-refractivity contribution in [2.24, 2.45) is 10.8 Å². The number of nitrogens with one attached hydrogen (secondary N) is 1. The lowest BCUT2D eigenvalue weighted by atomic mass is 10.0. The maximum absolute atomic E-state index is 3.65. The average Bonchev–Trinajstić information content (AvgIpc) is 2.50. The van der Waals surface area contributed by atoms with Gasteiger partial charge in [-0.25, -0.2) is 0 Å². The molecule has 3 heteroatoms. The highest BCUT2D eigenvalue weighted by Crippen LogP contribution is 2.62. The molecule has 0 bridgehead atoms. The molecule has 0 radical (unpaired) electrons. The Balaban J connectivity index is 1.91. The molecule has 0 saturated heterocycles. The molecule has 1 aromatic rings. The zero-order valence-electron chi connectivity index (χ0n) is 9.73. The minimum atomic E-state index is 0.431. The van der Waals surface area contributed by atoms with Gasteiger partial charge in [0.1, 0.15) is 0 Å². The molecule has 1 saturated carbocycles. The van der Waals surface area contributed by atoms with Crippen LogP contribution in [-0.2, 0) is 6.54 Å². The smallest absolute Gasteiger partial charge is 0.0701 e. The molecule has 1 nitrogen and oxygen atoms in total. The van der Waals surface area contributed by atoms with Gasteiger partial charge < -0.3 is 5.32 Å². The minimum absolute atomic E-state index is 0.431. The van der Waals surface area contributed by atoms with E-state index in [-0.39, 0.29) is 0 Å². The minimum Gasteiger partial charge on any atom is -0.309 e. The molecule has 0 atom stereocenters. The number of halogens is 1. The second-order valence-corrected chi connectivity index (χ2v) is 7.81. The van der Waals surface area contributed by atoms with Crippen LogP contribution in [0.25, 0.3) is 0 Å². The SMILES string of the molecule is CC1(C)C(NCc2csc(Br)c2)C1(C)C. The first-order chi connectivity index (χ1) is 6.85. The molecule has 0 aliphatic heterocycles. The lowest BCUT2D eigenvalue weighted by Crippen LogP contribution is -2.21. The summed E-state index contributed by atoms with van der Waals surface area (Å²) in [5, 5.41) is 5.86. The summed E-state index contributed by atoms with van der Waals surface area (Å²) in [5.41, 5.74) is 2.24. The van der Waals surface area contributed by atoms with E-state index in [2.05, 4.69) is 60.4 Å². The molecular formula is C12H18BrNS. The zero-order valence-corrected chi connectivity index (χ0v) is 12.1. The van der Waals surface area contributed by atoms with Crippen molar-refractivity contribution in [3.8, 4) is 0 Å². The molecule has 2 rings (SSSR count). The van der Waals surface area contributed by atoms with Crippen LogP contribution in [0.2, 0.25) is 0 Å². The van der Waals surface area contributed by atoms with E-state index in [9.17, 15) is 0 Å².